The highest BCUT2D eigenvalue weighted by Gasteiger charge is 2.39. The van der Waals surface area contributed by atoms with E-state index in [1.807, 2.05) is 84.9 Å². The van der Waals surface area contributed by atoms with Crippen LogP contribution in [0.1, 0.15) is 24.5 Å². The highest BCUT2D eigenvalue weighted by molar-refractivity contribution is 6.37. The first kappa shape index (κ1) is 30.1. The highest BCUT2D eigenvalue weighted by Crippen LogP contribution is 2.21. The zero-order valence-electron chi connectivity index (χ0n) is 21.7. The molecule has 0 spiro atoms. The van der Waals surface area contributed by atoms with Gasteiger partial charge in [-0.2, -0.15) is 13.2 Å². The zero-order chi connectivity index (χ0) is 29.1. The van der Waals surface area contributed by atoms with Crippen LogP contribution < -0.4 is 10.6 Å². The molecule has 0 heterocycles. The lowest BCUT2D eigenvalue weighted by Crippen LogP contribution is -2.47. The number of carbonyl (C=O) groups is 4. The molecule has 0 unspecified atom stereocenters. The quantitative estimate of drug-likeness (QED) is 0.255. The smallest absolute Gasteiger partial charge is 0.461 e. The summed E-state index contributed by atoms with van der Waals surface area (Å²) in [4.78, 5) is 48.3. The number of benzene rings is 3. The number of rotatable bonds is 12. The van der Waals surface area contributed by atoms with Gasteiger partial charge in [0.1, 0.15) is 6.61 Å². The van der Waals surface area contributed by atoms with Crippen LogP contribution in [0, 0.1) is 5.92 Å². The number of ketones is 1. The Kier molecular flexibility index (Phi) is 10.6. The molecule has 3 aromatic rings. The van der Waals surface area contributed by atoms with Gasteiger partial charge in [-0.3, -0.25) is 19.2 Å². The molecule has 0 fully saturated rings. The molecule has 0 aromatic heterocycles. The van der Waals surface area contributed by atoms with Gasteiger partial charge in [0.15, 0.2) is 0 Å². The van der Waals surface area contributed by atoms with Gasteiger partial charge in [0.05, 0.1) is 12.5 Å². The summed E-state index contributed by atoms with van der Waals surface area (Å²) in [6.45, 7) is 0.576. The molecule has 0 aliphatic rings. The summed E-state index contributed by atoms with van der Waals surface area (Å²) in [5.41, 5.74) is 3.59. The highest BCUT2D eigenvalue weighted by atomic mass is 19.4. The van der Waals surface area contributed by atoms with E-state index in [1.165, 1.54) is 5.32 Å². The van der Waals surface area contributed by atoms with Gasteiger partial charge in [-0.25, -0.2) is 0 Å². The fraction of sp³-hybridized carbons (Fsp3) is 0.267. The molecule has 0 bridgehead atoms. The van der Waals surface area contributed by atoms with Gasteiger partial charge in [-0.1, -0.05) is 91.9 Å². The minimum absolute atomic E-state index is 0.0688. The normalized spacial score (nSPS) is 12.6. The Morgan fingerprint density at radius 1 is 0.800 bits per heavy atom. The third-order valence-corrected chi connectivity index (χ3v) is 6.06. The zero-order valence-corrected chi connectivity index (χ0v) is 21.7. The van der Waals surface area contributed by atoms with Crippen LogP contribution in [0.25, 0.3) is 11.1 Å². The molecule has 0 radical (unpaired) electrons. The van der Waals surface area contributed by atoms with Crippen LogP contribution in [0.2, 0.25) is 0 Å². The van der Waals surface area contributed by atoms with Gasteiger partial charge in [-0.15, -0.1) is 0 Å². The van der Waals surface area contributed by atoms with E-state index in [0.717, 1.165) is 22.3 Å². The first-order valence-electron chi connectivity index (χ1n) is 12.6. The van der Waals surface area contributed by atoms with E-state index in [9.17, 15) is 32.3 Å². The molecule has 2 amide bonds. The Hall–Kier alpha value is -4.47. The number of halogens is 3. The summed E-state index contributed by atoms with van der Waals surface area (Å²) in [6.07, 6.45) is -4.85. The summed E-state index contributed by atoms with van der Waals surface area (Å²) in [5, 5.41) is 3.90. The molecule has 210 valence electrons. The predicted molar refractivity (Wildman–Crippen MR) is 142 cm³/mol. The molecule has 40 heavy (non-hydrogen) atoms. The Bertz CT molecular complexity index is 1300. The molecule has 0 aliphatic carbocycles. The summed E-state index contributed by atoms with van der Waals surface area (Å²) in [6, 6.07) is 25.5. The predicted octanol–water partition coefficient (Wildman–Crippen LogP) is 4.40. The number of amides is 2. The van der Waals surface area contributed by atoms with E-state index in [0.29, 0.717) is 0 Å². The van der Waals surface area contributed by atoms with Crippen LogP contribution in [0.15, 0.2) is 84.9 Å². The van der Waals surface area contributed by atoms with Gasteiger partial charge in [0.25, 0.3) is 5.91 Å². The fourth-order valence-electron chi connectivity index (χ4n) is 3.94. The molecule has 3 rings (SSSR count). The van der Waals surface area contributed by atoms with Crippen molar-refractivity contribution in [2.24, 2.45) is 5.92 Å². The summed E-state index contributed by atoms with van der Waals surface area (Å²) >= 11 is 0. The number of hydrogen-bond acceptors (Lipinski definition) is 5. The molecule has 0 aliphatic heterocycles. The van der Waals surface area contributed by atoms with Crippen LogP contribution in [0.5, 0.6) is 0 Å². The molecule has 7 nitrogen and oxygen atoms in total. The average molecular weight is 555 g/mol. The summed E-state index contributed by atoms with van der Waals surface area (Å²) in [7, 11) is 0. The minimum Gasteiger partial charge on any atom is -0.461 e. The van der Waals surface area contributed by atoms with E-state index in [1.54, 1.807) is 6.92 Å². The SMILES string of the molecule is C[C@H](C[C@@H](Cc1ccc(-c2ccccc2)cc1)NC(=O)C(=O)CNC(=O)C(F)(F)F)C(=O)OCc1ccccc1. The molecule has 0 saturated heterocycles. The van der Waals surface area contributed by atoms with Gasteiger partial charge in [0.2, 0.25) is 5.78 Å². The fourth-order valence-corrected chi connectivity index (χ4v) is 3.94. The van der Waals surface area contributed by atoms with Crippen molar-refractivity contribution >= 4 is 23.6 Å². The second-order valence-electron chi connectivity index (χ2n) is 9.27. The van der Waals surface area contributed by atoms with Gasteiger partial charge >= 0.3 is 18.1 Å². The van der Waals surface area contributed by atoms with Crippen molar-refractivity contribution in [3.05, 3.63) is 96.1 Å². The van der Waals surface area contributed by atoms with Crippen LogP contribution >= 0.6 is 0 Å². The number of carbonyl (C=O) groups excluding carboxylic acids is 4. The van der Waals surface area contributed by atoms with Crippen molar-refractivity contribution in [3.8, 4) is 11.1 Å². The van der Waals surface area contributed by atoms with Crippen molar-refractivity contribution in [1.29, 1.82) is 0 Å². The Balaban J connectivity index is 1.67. The number of hydrogen-bond donors (Lipinski definition) is 2. The lowest BCUT2D eigenvalue weighted by Gasteiger charge is -2.22. The number of esters is 1. The number of ether oxygens (including phenoxy) is 1. The van der Waals surface area contributed by atoms with Gasteiger partial charge in [-0.05, 0) is 35.1 Å². The van der Waals surface area contributed by atoms with Crippen LogP contribution in [0.4, 0.5) is 13.2 Å². The lowest BCUT2D eigenvalue weighted by molar-refractivity contribution is -0.173. The van der Waals surface area contributed by atoms with E-state index >= 15 is 0 Å². The van der Waals surface area contributed by atoms with Crippen molar-refractivity contribution in [1.82, 2.24) is 10.6 Å². The monoisotopic (exact) mass is 554 g/mol. The van der Waals surface area contributed by atoms with E-state index in [4.69, 9.17) is 4.74 Å². The maximum Gasteiger partial charge on any atom is 0.471 e. The molecular formula is C30H29F3N2O5. The summed E-state index contributed by atoms with van der Waals surface area (Å²) < 4.78 is 42.6. The molecule has 2 atom stereocenters. The Morgan fingerprint density at radius 2 is 1.38 bits per heavy atom. The maximum atomic E-state index is 12.6. The van der Waals surface area contributed by atoms with E-state index in [-0.39, 0.29) is 19.4 Å². The second kappa shape index (κ2) is 14.1. The lowest BCUT2D eigenvalue weighted by atomic mass is 9.94. The van der Waals surface area contributed by atoms with Crippen LogP contribution in [-0.2, 0) is 36.9 Å². The number of Topliss-reactive ketones (excluding diaryl/α,β-unsaturated/α-hetero) is 1. The van der Waals surface area contributed by atoms with Crippen LogP contribution in [0.3, 0.4) is 0 Å². The van der Waals surface area contributed by atoms with Gasteiger partial charge in [0, 0.05) is 6.04 Å². The Morgan fingerprint density at radius 3 is 1.98 bits per heavy atom. The van der Waals surface area contributed by atoms with Gasteiger partial charge < -0.3 is 15.4 Å². The van der Waals surface area contributed by atoms with Crippen LogP contribution in [-0.4, -0.2) is 42.3 Å². The molecular weight excluding hydrogens is 525 g/mol. The average Bonchev–Trinajstić information content (AvgIpc) is 2.95. The van der Waals surface area contributed by atoms with Crippen molar-refractivity contribution < 1.29 is 37.1 Å². The maximum absolute atomic E-state index is 12.6. The third kappa shape index (κ3) is 9.37. The topological polar surface area (TPSA) is 102 Å². The molecule has 10 heteroatoms. The minimum atomic E-state index is -5.18. The number of nitrogens with one attached hydrogen (secondary N) is 2. The Labute approximate surface area is 229 Å². The van der Waals surface area contributed by atoms with E-state index < -0.39 is 48.2 Å². The van der Waals surface area contributed by atoms with Crippen molar-refractivity contribution in [2.45, 2.75) is 38.6 Å². The first-order valence-corrected chi connectivity index (χ1v) is 12.6. The second-order valence-corrected chi connectivity index (χ2v) is 9.27. The largest absolute Gasteiger partial charge is 0.471 e. The molecule has 0 saturated carbocycles. The number of alkyl halides is 3. The van der Waals surface area contributed by atoms with E-state index in [2.05, 4.69) is 5.32 Å². The first-order chi connectivity index (χ1) is 19.0. The van der Waals surface area contributed by atoms with Crippen molar-refractivity contribution in [2.75, 3.05) is 6.54 Å². The molecule has 2 N–H and O–H groups in total. The van der Waals surface area contributed by atoms with Crippen molar-refractivity contribution in [3.63, 3.8) is 0 Å². The summed E-state index contributed by atoms with van der Waals surface area (Å²) in [5.74, 6) is -5.91. The molecule has 3 aromatic carbocycles. The third-order valence-electron chi connectivity index (χ3n) is 6.06. The standard InChI is InChI=1S/C30H29F3N2O5/c1-20(28(38)40-19-22-8-4-2-5-9-22)16-25(35-27(37)26(36)18-34-29(39)30(31,32)33)17-21-12-14-24(15-13-21)23-10-6-3-7-11-23/h2-15,20,25H,16-19H2,1H3,(H,34,39)(H,35,37)/t20-,25+/m1/s1.